The van der Waals surface area contributed by atoms with Crippen LogP contribution >= 0.6 is 0 Å². The number of carbonyl (C=O) groups excluding carboxylic acids is 4. The predicted molar refractivity (Wildman–Crippen MR) is 127 cm³/mol. The van der Waals surface area contributed by atoms with Gasteiger partial charge in [0.25, 0.3) is 0 Å². The van der Waals surface area contributed by atoms with Gasteiger partial charge in [0.1, 0.15) is 6.10 Å². The summed E-state index contributed by atoms with van der Waals surface area (Å²) in [6, 6.07) is 16.1. The fraction of sp³-hybridized carbons (Fsp3) is 0.222. The van der Waals surface area contributed by atoms with Gasteiger partial charge in [-0.25, -0.2) is 14.4 Å². The van der Waals surface area contributed by atoms with Crippen LogP contribution in [0.15, 0.2) is 85.0 Å². The number of esters is 2. The molecule has 0 aromatic heterocycles. The lowest BCUT2D eigenvalue weighted by atomic mass is 9.79. The minimum atomic E-state index is -2.46. The molecule has 0 bridgehead atoms. The van der Waals surface area contributed by atoms with E-state index >= 15 is 0 Å². The molecule has 2 aromatic carbocycles. The summed E-state index contributed by atoms with van der Waals surface area (Å²) < 4.78 is 10.3. The number of benzene rings is 2. The summed E-state index contributed by atoms with van der Waals surface area (Å²) in [4.78, 5) is 60.6. The first-order chi connectivity index (χ1) is 17.6. The van der Waals surface area contributed by atoms with Crippen molar-refractivity contribution in [2.24, 2.45) is 0 Å². The van der Waals surface area contributed by atoms with E-state index in [1.165, 1.54) is 12.1 Å². The average molecular weight is 508 g/mol. The maximum atomic E-state index is 12.4. The molecule has 10 heteroatoms. The van der Waals surface area contributed by atoms with Crippen molar-refractivity contribution in [1.82, 2.24) is 0 Å². The van der Waals surface area contributed by atoms with Crippen LogP contribution in [0.2, 0.25) is 0 Å². The highest BCUT2D eigenvalue weighted by atomic mass is 16.6. The van der Waals surface area contributed by atoms with Crippen molar-refractivity contribution in [3.8, 4) is 0 Å². The van der Waals surface area contributed by atoms with E-state index in [-0.39, 0.29) is 0 Å². The van der Waals surface area contributed by atoms with Crippen molar-refractivity contribution >= 4 is 29.5 Å². The first-order valence-corrected chi connectivity index (χ1v) is 11.2. The number of aliphatic carboxylic acids is 1. The van der Waals surface area contributed by atoms with Crippen molar-refractivity contribution in [1.29, 1.82) is 0 Å². The second-order valence-corrected chi connectivity index (χ2v) is 8.32. The van der Waals surface area contributed by atoms with Crippen molar-refractivity contribution in [2.45, 2.75) is 36.8 Å². The molecule has 10 nitrogen and oxygen atoms in total. The van der Waals surface area contributed by atoms with E-state index in [0.717, 1.165) is 24.3 Å². The summed E-state index contributed by atoms with van der Waals surface area (Å²) in [6.07, 6.45) is -2.73. The van der Waals surface area contributed by atoms with Gasteiger partial charge >= 0.3 is 17.9 Å². The van der Waals surface area contributed by atoms with Gasteiger partial charge in [-0.1, -0.05) is 60.7 Å². The SMILES string of the molecule is O=C(/C=C/C(=O)c1ccccc1)O[C@H]1[C@H](O)C[C@](O)(C(=O)O)C[C@H]1OC(=O)/C=C/C(=O)c1ccccc1. The van der Waals surface area contributed by atoms with E-state index < -0.39 is 66.2 Å². The zero-order valence-corrected chi connectivity index (χ0v) is 19.4. The fourth-order valence-corrected chi connectivity index (χ4v) is 3.73. The molecule has 37 heavy (non-hydrogen) atoms. The highest BCUT2D eigenvalue weighted by Crippen LogP contribution is 2.33. The van der Waals surface area contributed by atoms with E-state index in [1.807, 2.05) is 0 Å². The number of ketones is 2. The molecule has 2 aromatic rings. The molecule has 3 N–H and O–H groups in total. The second-order valence-electron chi connectivity index (χ2n) is 8.32. The van der Waals surface area contributed by atoms with E-state index in [0.29, 0.717) is 11.1 Å². The normalized spacial score (nSPS) is 23.5. The van der Waals surface area contributed by atoms with Gasteiger partial charge in [0.15, 0.2) is 23.3 Å². The van der Waals surface area contributed by atoms with Crippen LogP contribution in [0.4, 0.5) is 0 Å². The molecule has 192 valence electrons. The summed E-state index contributed by atoms with van der Waals surface area (Å²) >= 11 is 0. The van der Waals surface area contributed by atoms with Crippen LogP contribution in [0.5, 0.6) is 0 Å². The number of aliphatic hydroxyl groups excluding tert-OH is 1. The first kappa shape index (κ1) is 27.2. The van der Waals surface area contributed by atoms with Crippen LogP contribution in [0, 0.1) is 0 Å². The second kappa shape index (κ2) is 12.0. The summed E-state index contributed by atoms with van der Waals surface area (Å²) in [6.45, 7) is 0. The van der Waals surface area contributed by atoms with E-state index in [2.05, 4.69) is 0 Å². The topological polar surface area (TPSA) is 164 Å². The Morgan fingerprint density at radius 1 is 0.730 bits per heavy atom. The maximum Gasteiger partial charge on any atom is 0.335 e. The number of aliphatic hydroxyl groups is 2. The highest BCUT2D eigenvalue weighted by molar-refractivity contribution is 6.07. The van der Waals surface area contributed by atoms with Gasteiger partial charge in [-0.2, -0.15) is 0 Å². The molecule has 1 saturated carbocycles. The molecule has 1 fully saturated rings. The van der Waals surface area contributed by atoms with Gasteiger partial charge in [0.2, 0.25) is 0 Å². The molecular weight excluding hydrogens is 484 g/mol. The fourth-order valence-electron chi connectivity index (χ4n) is 3.73. The van der Waals surface area contributed by atoms with Crippen LogP contribution in [0.25, 0.3) is 0 Å². The number of allylic oxidation sites excluding steroid dienone is 2. The Hall–Kier alpha value is -4.41. The molecule has 0 saturated heterocycles. The maximum absolute atomic E-state index is 12.4. The van der Waals surface area contributed by atoms with Crippen LogP contribution in [0.1, 0.15) is 33.6 Å². The van der Waals surface area contributed by atoms with Gasteiger partial charge in [-0.15, -0.1) is 0 Å². The molecule has 1 aliphatic carbocycles. The Morgan fingerprint density at radius 2 is 1.19 bits per heavy atom. The number of carboxylic acid groups (broad SMARTS) is 1. The Morgan fingerprint density at radius 3 is 1.65 bits per heavy atom. The van der Waals surface area contributed by atoms with Gasteiger partial charge < -0.3 is 24.8 Å². The third kappa shape index (κ3) is 7.29. The molecule has 3 rings (SSSR count). The minimum Gasteiger partial charge on any atom is -0.479 e. The van der Waals surface area contributed by atoms with Gasteiger partial charge in [0, 0.05) is 36.1 Å². The van der Waals surface area contributed by atoms with Gasteiger partial charge in [0.05, 0.1) is 6.10 Å². The molecule has 0 aliphatic heterocycles. The van der Waals surface area contributed by atoms with Gasteiger partial charge in [-0.05, 0) is 12.2 Å². The molecule has 1 aliphatic rings. The molecule has 0 unspecified atom stereocenters. The lowest BCUT2D eigenvalue weighted by Crippen LogP contribution is -2.58. The third-order valence-electron chi connectivity index (χ3n) is 5.61. The van der Waals surface area contributed by atoms with Crippen LogP contribution in [-0.4, -0.2) is 68.7 Å². The monoisotopic (exact) mass is 508 g/mol. The van der Waals surface area contributed by atoms with Crippen LogP contribution in [0.3, 0.4) is 0 Å². The average Bonchev–Trinajstić information content (AvgIpc) is 2.88. The number of ether oxygens (including phenoxy) is 2. The van der Waals surface area contributed by atoms with Crippen molar-refractivity contribution in [3.05, 3.63) is 96.1 Å². The minimum absolute atomic E-state index is 0.309. The smallest absolute Gasteiger partial charge is 0.335 e. The van der Waals surface area contributed by atoms with Crippen molar-refractivity contribution < 1.29 is 48.8 Å². The molecular formula is C27H24O10. The predicted octanol–water partition coefficient (Wildman–Crippen LogP) is 1.66. The summed E-state index contributed by atoms with van der Waals surface area (Å²) in [5, 5.41) is 30.2. The quantitative estimate of drug-likeness (QED) is 0.258. The molecule has 4 atom stereocenters. The largest absolute Gasteiger partial charge is 0.479 e. The van der Waals surface area contributed by atoms with E-state index in [1.54, 1.807) is 48.5 Å². The first-order valence-electron chi connectivity index (χ1n) is 11.2. The lowest BCUT2D eigenvalue weighted by Gasteiger charge is -2.40. The van der Waals surface area contributed by atoms with Crippen LogP contribution in [-0.2, 0) is 23.9 Å². The zero-order valence-electron chi connectivity index (χ0n) is 19.4. The van der Waals surface area contributed by atoms with Crippen molar-refractivity contribution in [3.63, 3.8) is 0 Å². The number of rotatable bonds is 9. The Bertz CT molecular complexity index is 1220. The molecule has 0 radical (unpaired) electrons. The number of hydrogen-bond acceptors (Lipinski definition) is 9. The Kier molecular flexibility index (Phi) is 8.83. The van der Waals surface area contributed by atoms with Crippen LogP contribution < -0.4 is 0 Å². The molecule has 0 amide bonds. The van der Waals surface area contributed by atoms with Crippen molar-refractivity contribution in [2.75, 3.05) is 0 Å². The zero-order chi connectivity index (χ0) is 27.0. The van der Waals surface area contributed by atoms with E-state index in [4.69, 9.17) is 9.47 Å². The standard InChI is InChI=1S/C27H24O10/c28-19(17-7-3-1-4-8-17)11-13-23(31)36-22-16-27(35,26(33)34)15-21(30)25(22)37-24(32)14-12-20(29)18-9-5-2-6-10-18/h1-14,21-22,25,30,35H,15-16H2,(H,33,34)/b13-11+,14-12+/t21-,22-,25+,27-/m1/s1. The molecule has 0 heterocycles. The third-order valence-corrected chi connectivity index (χ3v) is 5.61. The number of hydrogen-bond donors (Lipinski definition) is 3. The lowest BCUT2D eigenvalue weighted by molar-refractivity contribution is -0.204. The Labute approximate surface area is 211 Å². The summed E-state index contributed by atoms with van der Waals surface area (Å²) in [5.74, 6) is -4.81. The highest BCUT2D eigenvalue weighted by Gasteiger charge is 2.52. The summed E-state index contributed by atoms with van der Waals surface area (Å²) in [7, 11) is 0. The molecule has 0 spiro atoms. The number of carbonyl (C=O) groups is 5. The summed E-state index contributed by atoms with van der Waals surface area (Å²) in [5.41, 5.74) is -1.83. The number of carboxylic acids is 1. The Balaban J connectivity index is 1.72. The van der Waals surface area contributed by atoms with Gasteiger partial charge in [-0.3, -0.25) is 9.59 Å². The van der Waals surface area contributed by atoms with E-state index in [9.17, 15) is 39.3 Å².